The third-order valence-electron chi connectivity index (χ3n) is 5.36. The van der Waals surface area contributed by atoms with Gasteiger partial charge in [0.25, 0.3) is 0 Å². The van der Waals surface area contributed by atoms with Gasteiger partial charge in [-0.25, -0.2) is 0 Å². The quantitative estimate of drug-likeness (QED) is 0.720. The largest absolute Gasteiger partial charge is 0.507 e. The van der Waals surface area contributed by atoms with Crippen LogP contribution in [0.4, 0.5) is 0 Å². The van der Waals surface area contributed by atoms with E-state index in [1.165, 1.54) is 0 Å². The fourth-order valence-corrected chi connectivity index (χ4v) is 4.79. The molecule has 4 rings (SSSR count). The summed E-state index contributed by atoms with van der Waals surface area (Å²) in [6.07, 6.45) is 6.39. The van der Waals surface area contributed by atoms with Crippen molar-refractivity contribution in [1.82, 2.24) is 25.5 Å². The lowest BCUT2D eigenvalue weighted by Crippen LogP contribution is -2.58. The molecule has 2 N–H and O–H groups in total. The van der Waals surface area contributed by atoms with Crippen LogP contribution in [0.15, 0.2) is 36.7 Å². The predicted octanol–water partition coefficient (Wildman–Crippen LogP) is 3.89. The van der Waals surface area contributed by atoms with Crippen molar-refractivity contribution >= 4 is 11.0 Å². The number of aromatic nitrogens is 4. The molecule has 3 aromatic rings. The zero-order valence-corrected chi connectivity index (χ0v) is 16.9. The number of hydrogen-bond acceptors (Lipinski definition) is 6. The number of rotatable bonds is 3. The first-order valence-corrected chi connectivity index (χ1v) is 9.77. The Labute approximate surface area is 165 Å². The van der Waals surface area contributed by atoms with Crippen LogP contribution in [0.2, 0.25) is 0 Å². The van der Waals surface area contributed by atoms with Gasteiger partial charge in [-0.1, -0.05) is 0 Å². The van der Waals surface area contributed by atoms with Crippen molar-refractivity contribution in [1.29, 1.82) is 0 Å². The van der Waals surface area contributed by atoms with Gasteiger partial charge in [0.1, 0.15) is 5.75 Å². The number of phenols is 1. The fourth-order valence-electron chi connectivity index (χ4n) is 4.79. The third kappa shape index (κ3) is 3.97. The van der Waals surface area contributed by atoms with Crippen molar-refractivity contribution in [3.05, 3.63) is 42.4 Å². The van der Waals surface area contributed by atoms with Gasteiger partial charge in [0.15, 0.2) is 0 Å². The van der Waals surface area contributed by atoms with Gasteiger partial charge >= 0.3 is 0 Å². The fraction of sp³-hybridized carbons (Fsp3) is 0.455. The lowest BCUT2D eigenvalue weighted by Gasteiger charge is -2.46. The van der Waals surface area contributed by atoms with E-state index in [9.17, 15) is 5.11 Å². The van der Waals surface area contributed by atoms with Crippen LogP contribution < -0.4 is 5.32 Å². The highest BCUT2D eigenvalue weighted by atomic mass is 16.3. The van der Waals surface area contributed by atoms with Gasteiger partial charge in [-0.05, 0) is 71.1 Å². The summed E-state index contributed by atoms with van der Waals surface area (Å²) in [5, 5.41) is 22.9. The molecule has 1 aromatic carbocycles. The first kappa shape index (κ1) is 18.7. The summed E-state index contributed by atoms with van der Waals surface area (Å²) >= 11 is 0. The van der Waals surface area contributed by atoms with Gasteiger partial charge < -0.3 is 10.4 Å². The standard InChI is InChI=1S/C22H27N5O/c1-21(2)12-14(13-22(3,4)27-21)9-15-5-6-17(26-25-15)16-10-18-19(11-20(16)28)24-8-7-23-18/h5-8,10-11,14,27-28H,9,12-13H2,1-4H3. The molecule has 0 radical (unpaired) electrons. The highest BCUT2D eigenvalue weighted by Crippen LogP contribution is 2.35. The summed E-state index contributed by atoms with van der Waals surface area (Å²) in [6, 6.07) is 7.37. The smallest absolute Gasteiger partial charge is 0.127 e. The third-order valence-corrected chi connectivity index (χ3v) is 5.36. The van der Waals surface area contributed by atoms with E-state index in [-0.39, 0.29) is 16.8 Å². The van der Waals surface area contributed by atoms with E-state index in [4.69, 9.17) is 0 Å². The van der Waals surface area contributed by atoms with Gasteiger partial charge in [-0.15, -0.1) is 0 Å². The molecule has 1 saturated heterocycles. The highest BCUT2D eigenvalue weighted by Gasteiger charge is 2.37. The Morgan fingerprint density at radius 2 is 1.61 bits per heavy atom. The first-order chi connectivity index (χ1) is 13.2. The molecule has 0 saturated carbocycles. The zero-order valence-electron chi connectivity index (χ0n) is 16.9. The van der Waals surface area contributed by atoms with Crippen LogP contribution in [0.1, 0.15) is 46.2 Å². The minimum atomic E-state index is 0.123. The molecule has 2 aromatic heterocycles. The average Bonchev–Trinajstić information content (AvgIpc) is 2.59. The summed E-state index contributed by atoms with van der Waals surface area (Å²) in [5.74, 6) is 0.702. The molecule has 0 unspecified atom stereocenters. The van der Waals surface area contributed by atoms with E-state index in [0.717, 1.165) is 30.5 Å². The first-order valence-electron chi connectivity index (χ1n) is 9.77. The van der Waals surface area contributed by atoms with E-state index in [0.29, 0.717) is 22.7 Å². The maximum atomic E-state index is 10.4. The Morgan fingerprint density at radius 3 is 2.21 bits per heavy atom. The molecule has 1 aliphatic heterocycles. The normalized spacial score (nSPS) is 19.0. The van der Waals surface area contributed by atoms with E-state index in [1.54, 1.807) is 24.5 Å². The molecule has 146 valence electrons. The minimum Gasteiger partial charge on any atom is -0.507 e. The van der Waals surface area contributed by atoms with Gasteiger partial charge in [0.05, 0.1) is 22.4 Å². The van der Waals surface area contributed by atoms with Crippen LogP contribution >= 0.6 is 0 Å². The van der Waals surface area contributed by atoms with Crippen LogP contribution in [0.5, 0.6) is 5.75 Å². The Balaban J connectivity index is 1.55. The number of piperidine rings is 1. The Kier molecular flexibility index (Phi) is 4.54. The Bertz CT molecular complexity index is 981. The van der Waals surface area contributed by atoms with Crippen molar-refractivity contribution in [3.63, 3.8) is 0 Å². The maximum Gasteiger partial charge on any atom is 0.127 e. The van der Waals surface area contributed by atoms with Crippen LogP contribution in [0, 0.1) is 5.92 Å². The Hall–Kier alpha value is -2.60. The van der Waals surface area contributed by atoms with E-state index < -0.39 is 0 Å². The number of phenolic OH excluding ortho intramolecular Hbond substituents is 1. The summed E-state index contributed by atoms with van der Waals surface area (Å²) in [4.78, 5) is 8.52. The van der Waals surface area contributed by atoms with Crippen molar-refractivity contribution in [2.45, 2.75) is 58.0 Å². The topological polar surface area (TPSA) is 83.8 Å². The summed E-state index contributed by atoms with van der Waals surface area (Å²) in [7, 11) is 0. The van der Waals surface area contributed by atoms with Crippen molar-refractivity contribution in [2.75, 3.05) is 0 Å². The summed E-state index contributed by atoms with van der Waals surface area (Å²) in [5.41, 5.74) is 3.87. The zero-order chi connectivity index (χ0) is 19.9. The SMILES string of the molecule is CC1(C)CC(Cc2ccc(-c3cc4nccnc4cc3O)nn2)CC(C)(C)N1. The molecule has 0 atom stereocenters. The van der Waals surface area contributed by atoms with Crippen LogP contribution in [0.25, 0.3) is 22.3 Å². The summed E-state index contributed by atoms with van der Waals surface area (Å²) < 4.78 is 0. The van der Waals surface area contributed by atoms with E-state index >= 15 is 0 Å². The Morgan fingerprint density at radius 1 is 0.964 bits per heavy atom. The maximum absolute atomic E-state index is 10.4. The van der Waals surface area contributed by atoms with Crippen molar-refractivity contribution < 1.29 is 5.11 Å². The van der Waals surface area contributed by atoms with Gasteiger partial charge in [0.2, 0.25) is 0 Å². The number of benzene rings is 1. The molecule has 0 aliphatic carbocycles. The predicted molar refractivity (Wildman–Crippen MR) is 110 cm³/mol. The molecule has 28 heavy (non-hydrogen) atoms. The molecular weight excluding hydrogens is 350 g/mol. The molecule has 3 heterocycles. The number of fused-ring (bicyclic) bond motifs is 1. The number of nitrogens with one attached hydrogen (secondary N) is 1. The lowest BCUT2D eigenvalue weighted by atomic mass is 9.74. The molecule has 0 bridgehead atoms. The van der Waals surface area contributed by atoms with E-state index in [2.05, 4.69) is 53.2 Å². The van der Waals surface area contributed by atoms with Crippen molar-refractivity contribution in [2.24, 2.45) is 5.92 Å². The second kappa shape index (κ2) is 6.78. The lowest BCUT2D eigenvalue weighted by molar-refractivity contribution is 0.128. The minimum absolute atomic E-state index is 0.123. The monoisotopic (exact) mass is 377 g/mol. The highest BCUT2D eigenvalue weighted by molar-refractivity contribution is 5.84. The average molecular weight is 377 g/mol. The molecule has 0 spiro atoms. The molecule has 6 nitrogen and oxygen atoms in total. The van der Waals surface area contributed by atoms with Crippen LogP contribution in [-0.4, -0.2) is 36.3 Å². The van der Waals surface area contributed by atoms with Gasteiger partial charge in [0, 0.05) is 35.1 Å². The summed E-state index contributed by atoms with van der Waals surface area (Å²) in [6.45, 7) is 9.06. The molecule has 1 aliphatic rings. The van der Waals surface area contributed by atoms with Gasteiger partial charge in [-0.3, -0.25) is 9.97 Å². The molecule has 6 heteroatoms. The van der Waals surface area contributed by atoms with Gasteiger partial charge in [-0.2, -0.15) is 10.2 Å². The number of hydrogen-bond donors (Lipinski definition) is 2. The number of nitrogens with zero attached hydrogens (tertiary/aromatic N) is 4. The van der Waals surface area contributed by atoms with Crippen LogP contribution in [-0.2, 0) is 6.42 Å². The second-order valence-corrected chi connectivity index (χ2v) is 9.20. The van der Waals surface area contributed by atoms with E-state index in [1.807, 2.05) is 12.1 Å². The second-order valence-electron chi connectivity index (χ2n) is 9.20. The van der Waals surface area contributed by atoms with Crippen LogP contribution in [0.3, 0.4) is 0 Å². The number of aromatic hydroxyl groups is 1. The van der Waals surface area contributed by atoms with Crippen molar-refractivity contribution in [3.8, 4) is 17.0 Å². The molecule has 0 amide bonds. The molecule has 1 fully saturated rings. The molecular formula is C22H27N5O.